The van der Waals surface area contributed by atoms with E-state index in [4.69, 9.17) is 5.73 Å². The fourth-order valence-electron chi connectivity index (χ4n) is 4.06. The number of nitrogens with zero attached hydrogens (tertiary/aromatic N) is 3. The maximum Gasteiger partial charge on any atom is 0.0235 e. The van der Waals surface area contributed by atoms with Gasteiger partial charge in [0, 0.05) is 31.7 Å². The van der Waals surface area contributed by atoms with Gasteiger partial charge in [-0.05, 0) is 64.8 Å². The number of rotatable bonds is 4. The molecule has 0 aromatic rings. The molecule has 0 aliphatic carbocycles. The highest BCUT2D eigenvalue weighted by Crippen LogP contribution is 2.20. The Bertz CT molecular complexity index is 282. The van der Waals surface area contributed by atoms with E-state index < -0.39 is 0 Å². The van der Waals surface area contributed by atoms with Gasteiger partial charge in [0.25, 0.3) is 0 Å². The summed E-state index contributed by atoms with van der Waals surface area (Å²) in [6, 6.07) is 1.27. The summed E-state index contributed by atoms with van der Waals surface area (Å²) in [6.45, 7) is 10.3. The molecule has 0 aromatic heterocycles. The summed E-state index contributed by atoms with van der Waals surface area (Å²) in [6.07, 6.45) is 8.04. The number of hydrogen-bond acceptors (Lipinski definition) is 4. The van der Waals surface area contributed by atoms with Gasteiger partial charge in [0.1, 0.15) is 0 Å². The molecule has 3 saturated heterocycles. The SMILES string of the molecule is NC1CCN(C2CCN(CCN3CCCCC3)C2)CC1. The Labute approximate surface area is 124 Å². The van der Waals surface area contributed by atoms with Crippen LogP contribution in [0.1, 0.15) is 38.5 Å². The minimum atomic E-state index is 0.461. The van der Waals surface area contributed by atoms with Crippen LogP contribution in [0.25, 0.3) is 0 Å². The first-order valence-corrected chi connectivity index (χ1v) is 8.75. The average Bonchev–Trinajstić information content (AvgIpc) is 2.96. The smallest absolute Gasteiger partial charge is 0.0235 e. The van der Waals surface area contributed by atoms with Crippen molar-refractivity contribution < 1.29 is 0 Å². The van der Waals surface area contributed by atoms with Gasteiger partial charge in [0.2, 0.25) is 0 Å². The highest BCUT2D eigenvalue weighted by Gasteiger charge is 2.29. The van der Waals surface area contributed by atoms with Crippen molar-refractivity contribution in [3.63, 3.8) is 0 Å². The van der Waals surface area contributed by atoms with Crippen LogP contribution in [0.3, 0.4) is 0 Å². The van der Waals surface area contributed by atoms with Crippen molar-refractivity contribution in [3.05, 3.63) is 0 Å². The van der Waals surface area contributed by atoms with Crippen LogP contribution in [0, 0.1) is 0 Å². The topological polar surface area (TPSA) is 35.7 Å². The second kappa shape index (κ2) is 7.21. The van der Waals surface area contributed by atoms with E-state index in [0.29, 0.717) is 6.04 Å². The molecule has 1 unspecified atom stereocenters. The van der Waals surface area contributed by atoms with Crippen LogP contribution in [-0.4, -0.2) is 79.1 Å². The molecule has 0 radical (unpaired) electrons. The lowest BCUT2D eigenvalue weighted by Crippen LogP contribution is -2.46. The van der Waals surface area contributed by atoms with E-state index in [9.17, 15) is 0 Å². The monoisotopic (exact) mass is 280 g/mol. The first-order chi connectivity index (χ1) is 9.81. The number of hydrogen-bond donors (Lipinski definition) is 1. The third-order valence-corrected chi connectivity index (χ3v) is 5.52. The van der Waals surface area contributed by atoms with Crippen LogP contribution < -0.4 is 5.73 Å². The molecule has 20 heavy (non-hydrogen) atoms. The summed E-state index contributed by atoms with van der Waals surface area (Å²) in [7, 11) is 0. The van der Waals surface area contributed by atoms with E-state index >= 15 is 0 Å². The molecule has 3 aliphatic heterocycles. The summed E-state index contributed by atoms with van der Waals surface area (Å²) in [4.78, 5) is 8.05. The van der Waals surface area contributed by atoms with Crippen molar-refractivity contribution in [3.8, 4) is 0 Å². The maximum atomic E-state index is 6.01. The largest absolute Gasteiger partial charge is 0.328 e. The van der Waals surface area contributed by atoms with Crippen molar-refractivity contribution >= 4 is 0 Å². The van der Waals surface area contributed by atoms with Crippen molar-refractivity contribution in [2.75, 3.05) is 52.4 Å². The van der Waals surface area contributed by atoms with Gasteiger partial charge >= 0.3 is 0 Å². The molecule has 1 atom stereocenters. The third-order valence-electron chi connectivity index (χ3n) is 5.52. The van der Waals surface area contributed by atoms with Crippen LogP contribution in [0.15, 0.2) is 0 Å². The van der Waals surface area contributed by atoms with E-state index in [1.54, 1.807) is 0 Å². The van der Waals surface area contributed by atoms with Crippen LogP contribution in [-0.2, 0) is 0 Å². The molecular weight excluding hydrogens is 248 g/mol. The molecular formula is C16H32N4. The molecule has 3 heterocycles. The molecule has 0 aromatic carbocycles. The standard InChI is InChI=1S/C16H32N4/c17-15-4-10-20(11-5-15)16-6-9-19(14-16)13-12-18-7-2-1-3-8-18/h15-16H,1-14,17H2. The van der Waals surface area contributed by atoms with Gasteiger partial charge in [0.05, 0.1) is 0 Å². The molecule has 0 bridgehead atoms. The Morgan fingerprint density at radius 1 is 0.750 bits per heavy atom. The van der Waals surface area contributed by atoms with Crippen LogP contribution in [0.5, 0.6) is 0 Å². The summed E-state index contributed by atoms with van der Waals surface area (Å²) in [5.41, 5.74) is 6.01. The molecule has 3 rings (SSSR count). The Morgan fingerprint density at radius 2 is 1.45 bits per heavy atom. The quantitative estimate of drug-likeness (QED) is 0.832. The lowest BCUT2D eigenvalue weighted by Gasteiger charge is -2.35. The lowest BCUT2D eigenvalue weighted by atomic mass is 10.0. The summed E-state index contributed by atoms with van der Waals surface area (Å²) < 4.78 is 0. The molecule has 0 amide bonds. The lowest BCUT2D eigenvalue weighted by molar-refractivity contribution is 0.146. The minimum Gasteiger partial charge on any atom is -0.328 e. The van der Waals surface area contributed by atoms with Gasteiger partial charge in [-0.15, -0.1) is 0 Å². The maximum absolute atomic E-state index is 6.01. The fourth-order valence-corrected chi connectivity index (χ4v) is 4.06. The van der Waals surface area contributed by atoms with Gasteiger partial charge in [-0.25, -0.2) is 0 Å². The number of piperidine rings is 2. The summed E-state index contributed by atoms with van der Waals surface area (Å²) in [5.74, 6) is 0. The average molecular weight is 280 g/mol. The predicted octanol–water partition coefficient (Wildman–Crippen LogP) is 0.970. The Morgan fingerprint density at radius 3 is 2.20 bits per heavy atom. The normalized spacial score (nSPS) is 31.9. The predicted molar refractivity (Wildman–Crippen MR) is 83.9 cm³/mol. The van der Waals surface area contributed by atoms with E-state index in [1.165, 1.54) is 90.9 Å². The van der Waals surface area contributed by atoms with Crippen LogP contribution in [0.2, 0.25) is 0 Å². The summed E-state index contributed by atoms with van der Waals surface area (Å²) in [5, 5.41) is 0. The van der Waals surface area contributed by atoms with E-state index in [-0.39, 0.29) is 0 Å². The summed E-state index contributed by atoms with van der Waals surface area (Å²) >= 11 is 0. The van der Waals surface area contributed by atoms with Gasteiger partial charge in [-0.2, -0.15) is 0 Å². The number of likely N-dealkylation sites (tertiary alicyclic amines) is 3. The zero-order chi connectivity index (χ0) is 13.8. The van der Waals surface area contributed by atoms with Crippen molar-refractivity contribution in [2.45, 2.75) is 50.6 Å². The zero-order valence-electron chi connectivity index (χ0n) is 13.0. The zero-order valence-corrected chi connectivity index (χ0v) is 13.0. The van der Waals surface area contributed by atoms with E-state index in [1.807, 2.05) is 0 Å². The van der Waals surface area contributed by atoms with Gasteiger partial charge in [-0.1, -0.05) is 6.42 Å². The highest BCUT2D eigenvalue weighted by atomic mass is 15.3. The molecule has 3 aliphatic rings. The molecule has 116 valence electrons. The fraction of sp³-hybridized carbons (Fsp3) is 1.00. The third kappa shape index (κ3) is 3.94. The second-order valence-corrected chi connectivity index (χ2v) is 7.02. The van der Waals surface area contributed by atoms with Crippen molar-refractivity contribution in [1.82, 2.24) is 14.7 Å². The van der Waals surface area contributed by atoms with Crippen molar-refractivity contribution in [2.24, 2.45) is 5.73 Å². The van der Waals surface area contributed by atoms with Crippen molar-refractivity contribution in [1.29, 1.82) is 0 Å². The Balaban J connectivity index is 1.36. The molecule has 4 heteroatoms. The highest BCUT2D eigenvalue weighted by molar-refractivity contribution is 4.87. The second-order valence-electron chi connectivity index (χ2n) is 7.02. The number of nitrogens with two attached hydrogens (primary N) is 1. The minimum absolute atomic E-state index is 0.461. The first-order valence-electron chi connectivity index (χ1n) is 8.75. The molecule has 2 N–H and O–H groups in total. The van der Waals surface area contributed by atoms with E-state index in [2.05, 4.69) is 14.7 Å². The molecule has 3 fully saturated rings. The molecule has 0 spiro atoms. The molecule has 4 nitrogen and oxygen atoms in total. The van der Waals surface area contributed by atoms with Crippen LogP contribution >= 0.6 is 0 Å². The Kier molecular flexibility index (Phi) is 5.32. The van der Waals surface area contributed by atoms with E-state index in [0.717, 1.165) is 6.04 Å². The van der Waals surface area contributed by atoms with Crippen LogP contribution in [0.4, 0.5) is 0 Å². The first kappa shape index (κ1) is 14.8. The molecule has 0 saturated carbocycles. The van der Waals surface area contributed by atoms with Gasteiger partial charge < -0.3 is 15.5 Å². The van der Waals surface area contributed by atoms with Gasteiger partial charge in [-0.3, -0.25) is 4.90 Å². The Hall–Kier alpha value is -0.160. The van der Waals surface area contributed by atoms with Gasteiger partial charge in [0.15, 0.2) is 0 Å².